The van der Waals surface area contributed by atoms with Crippen molar-refractivity contribution in [3.8, 4) is 0 Å². The predicted molar refractivity (Wildman–Crippen MR) is 40.6 cm³/mol. The monoisotopic (exact) mass is 170 g/mol. The molecule has 0 bridgehead atoms. The zero-order valence-corrected chi connectivity index (χ0v) is 6.70. The number of carboxylic acid groups (broad SMARTS) is 1. The van der Waals surface area contributed by atoms with E-state index < -0.39 is 5.97 Å². The van der Waals surface area contributed by atoms with E-state index in [1.165, 1.54) is 0 Å². The van der Waals surface area contributed by atoms with Crippen LogP contribution in [0.25, 0.3) is 0 Å². The Hall–Kier alpha value is -1.36. The number of hydrogen-bond acceptors (Lipinski definition) is 3. The summed E-state index contributed by atoms with van der Waals surface area (Å²) < 4.78 is 4.84. The number of rotatable bonds is 4. The van der Waals surface area contributed by atoms with Gasteiger partial charge in [0.05, 0.1) is 18.6 Å². The van der Waals surface area contributed by atoms with E-state index in [2.05, 4.69) is 9.97 Å². The molecule has 5 heteroatoms. The number of imidazole rings is 1. The molecule has 0 unspecified atom stereocenters. The molecule has 0 aliphatic heterocycles. The van der Waals surface area contributed by atoms with Gasteiger partial charge < -0.3 is 14.8 Å². The first kappa shape index (κ1) is 8.73. The molecule has 0 saturated heterocycles. The first-order valence-corrected chi connectivity index (χ1v) is 3.48. The zero-order valence-electron chi connectivity index (χ0n) is 6.70. The van der Waals surface area contributed by atoms with Crippen molar-refractivity contribution in [3.63, 3.8) is 0 Å². The second-order valence-corrected chi connectivity index (χ2v) is 2.36. The van der Waals surface area contributed by atoms with E-state index in [9.17, 15) is 4.79 Å². The predicted octanol–water partition coefficient (Wildman–Crippen LogP) is 0.319. The van der Waals surface area contributed by atoms with Crippen molar-refractivity contribution in [3.05, 3.63) is 17.7 Å². The van der Waals surface area contributed by atoms with Crippen molar-refractivity contribution in [2.75, 3.05) is 6.61 Å². The smallest absolute Gasteiger partial charge is 0.329 e. The summed E-state index contributed by atoms with van der Waals surface area (Å²) in [6, 6.07) is 0. The quantitative estimate of drug-likeness (QED) is 0.682. The standard InChI is InChI=1S/C7H10N2O3/c1-5-6(9-4-8-5)2-12-3-7(10)11/h4H,2-3H2,1H3,(H,8,9)(H,10,11). The zero-order chi connectivity index (χ0) is 8.97. The Labute approximate surface area is 69.4 Å². The summed E-state index contributed by atoms with van der Waals surface area (Å²) in [5.41, 5.74) is 1.65. The van der Waals surface area contributed by atoms with Gasteiger partial charge in [-0.15, -0.1) is 0 Å². The number of aryl methyl sites for hydroxylation is 1. The highest BCUT2D eigenvalue weighted by molar-refractivity contribution is 5.67. The Kier molecular flexibility index (Phi) is 2.82. The summed E-state index contributed by atoms with van der Waals surface area (Å²) >= 11 is 0. The van der Waals surface area contributed by atoms with Crippen LogP contribution in [0.4, 0.5) is 0 Å². The molecule has 0 spiro atoms. The normalized spacial score (nSPS) is 10.1. The lowest BCUT2D eigenvalue weighted by molar-refractivity contribution is -0.142. The van der Waals surface area contributed by atoms with E-state index in [0.717, 1.165) is 11.4 Å². The van der Waals surface area contributed by atoms with Crippen LogP contribution in [0.5, 0.6) is 0 Å². The van der Waals surface area contributed by atoms with Gasteiger partial charge in [0.2, 0.25) is 0 Å². The Balaban J connectivity index is 2.33. The second-order valence-electron chi connectivity index (χ2n) is 2.36. The number of carboxylic acids is 1. The topological polar surface area (TPSA) is 75.2 Å². The van der Waals surface area contributed by atoms with Gasteiger partial charge >= 0.3 is 5.97 Å². The maximum Gasteiger partial charge on any atom is 0.329 e. The van der Waals surface area contributed by atoms with E-state index in [1.54, 1.807) is 6.33 Å². The van der Waals surface area contributed by atoms with Crippen LogP contribution in [0, 0.1) is 6.92 Å². The fraction of sp³-hybridized carbons (Fsp3) is 0.429. The molecular weight excluding hydrogens is 160 g/mol. The number of nitrogens with one attached hydrogen (secondary N) is 1. The maximum atomic E-state index is 10.1. The Bertz CT molecular complexity index is 269. The van der Waals surface area contributed by atoms with Crippen molar-refractivity contribution in [2.24, 2.45) is 0 Å². The molecule has 0 radical (unpaired) electrons. The number of carbonyl (C=O) groups is 1. The van der Waals surface area contributed by atoms with E-state index in [4.69, 9.17) is 9.84 Å². The molecule has 0 aliphatic rings. The van der Waals surface area contributed by atoms with E-state index in [-0.39, 0.29) is 13.2 Å². The van der Waals surface area contributed by atoms with Gasteiger partial charge in [0.15, 0.2) is 0 Å². The van der Waals surface area contributed by atoms with Gasteiger partial charge in [0.25, 0.3) is 0 Å². The molecule has 0 fully saturated rings. The molecule has 0 saturated carbocycles. The van der Waals surface area contributed by atoms with Gasteiger partial charge in [-0.05, 0) is 6.92 Å². The molecular formula is C7H10N2O3. The number of aliphatic carboxylic acids is 1. The van der Waals surface area contributed by atoms with Gasteiger partial charge in [-0.3, -0.25) is 0 Å². The molecule has 0 amide bonds. The largest absolute Gasteiger partial charge is 0.480 e. The van der Waals surface area contributed by atoms with Crippen LogP contribution in [0.15, 0.2) is 6.33 Å². The van der Waals surface area contributed by atoms with Crippen LogP contribution >= 0.6 is 0 Å². The fourth-order valence-corrected chi connectivity index (χ4v) is 0.768. The molecule has 66 valence electrons. The molecule has 1 heterocycles. The van der Waals surface area contributed by atoms with Crippen molar-refractivity contribution in [2.45, 2.75) is 13.5 Å². The average Bonchev–Trinajstić information content (AvgIpc) is 2.36. The number of hydrogen-bond donors (Lipinski definition) is 2. The third-order valence-electron chi connectivity index (χ3n) is 1.40. The highest BCUT2D eigenvalue weighted by Crippen LogP contribution is 2.01. The molecule has 5 nitrogen and oxygen atoms in total. The summed E-state index contributed by atoms with van der Waals surface area (Å²) in [6.07, 6.45) is 1.55. The van der Waals surface area contributed by atoms with Crippen LogP contribution in [0.1, 0.15) is 11.4 Å². The number of aromatic amines is 1. The van der Waals surface area contributed by atoms with Crippen LogP contribution < -0.4 is 0 Å². The number of ether oxygens (including phenoxy) is 1. The fourth-order valence-electron chi connectivity index (χ4n) is 0.768. The molecule has 1 aromatic heterocycles. The summed E-state index contributed by atoms with van der Waals surface area (Å²) in [6.45, 7) is 1.81. The Morgan fingerprint density at radius 3 is 3.08 bits per heavy atom. The molecule has 0 aliphatic carbocycles. The van der Waals surface area contributed by atoms with Crippen molar-refractivity contribution < 1.29 is 14.6 Å². The lowest BCUT2D eigenvalue weighted by Gasteiger charge is -1.98. The lowest BCUT2D eigenvalue weighted by atomic mass is 10.4. The van der Waals surface area contributed by atoms with Crippen molar-refractivity contribution in [1.29, 1.82) is 0 Å². The third kappa shape index (κ3) is 2.35. The maximum absolute atomic E-state index is 10.1. The van der Waals surface area contributed by atoms with Crippen LogP contribution in [0.3, 0.4) is 0 Å². The summed E-state index contributed by atoms with van der Waals surface area (Å²) in [4.78, 5) is 16.9. The van der Waals surface area contributed by atoms with Crippen molar-refractivity contribution in [1.82, 2.24) is 9.97 Å². The van der Waals surface area contributed by atoms with Crippen molar-refractivity contribution >= 4 is 5.97 Å². The second kappa shape index (κ2) is 3.87. The van der Waals surface area contributed by atoms with Crippen LogP contribution in [-0.4, -0.2) is 27.7 Å². The first-order valence-electron chi connectivity index (χ1n) is 3.48. The van der Waals surface area contributed by atoms with E-state index >= 15 is 0 Å². The highest BCUT2D eigenvalue weighted by Gasteiger charge is 2.02. The van der Waals surface area contributed by atoms with Gasteiger partial charge in [0, 0.05) is 5.69 Å². The molecule has 12 heavy (non-hydrogen) atoms. The molecule has 0 aromatic carbocycles. The van der Waals surface area contributed by atoms with Gasteiger partial charge in [0.1, 0.15) is 6.61 Å². The van der Waals surface area contributed by atoms with Gasteiger partial charge in [-0.25, -0.2) is 9.78 Å². The number of H-pyrrole nitrogens is 1. The van der Waals surface area contributed by atoms with Crippen LogP contribution in [-0.2, 0) is 16.1 Å². The molecule has 2 N–H and O–H groups in total. The van der Waals surface area contributed by atoms with E-state index in [1.807, 2.05) is 6.92 Å². The third-order valence-corrected chi connectivity index (χ3v) is 1.40. The van der Waals surface area contributed by atoms with Crippen LogP contribution in [0.2, 0.25) is 0 Å². The minimum absolute atomic E-state index is 0.238. The first-order chi connectivity index (χ1) is 5.70. The highest BCUT2D eigenvalue weighted by atomic mass is 16.5. The molecule has 0 atom stereocenters. The summed E-state index contributed by atoms with van der Waals surface area (Å²) in [5, 5.41) is 8.26. The summed E-state index contributed by atoms with van der Waals surface area (Å²) in [7, 11) is 0. The van der Waals surface area contributed by atoms with Gasteiger partial charge in [-0.2, -0.15) is 0 Å². The number of aromatic nitrogens is 2. The minimum atomic E-state index is -0.969. The SMILES string of the molecule is Cc1[nH]cnc1COCC(=O)O. The lowest BCUT2D eigenvalue weighted by Crippen LogP contribution is -2.07. The summed E-state index contributed by atoms with van der Waals surface area (Å²) in [5.74, 6) is -0.969. The van der Waals surface area contributed by atoms with E-state index in [0.29, 0.717) is 0 Å². The Morgan fingerprint density at radius 1 is 1.83 bits per heavy atom. The average molecular weight is 170 g/mol. The Morgan fingerprint density at radius 2 is 2.58 bits per heavy atom. The molecule has 1 aromatic rings. The molecule has 1 rings (SSSR count). The van der Waals surface area contributed by atoms with Gasteiger partial charge in [-0.1, -0.05) is 0 Å². The number of nitrogens with zero attached hydrogens (tertiary/aromatic N) is 1. The minimum Gasteiger partial charge on any atom is -0.480 e.